The Morgan fingerprint density at radius 1 is 1.14 bits per heavy atom. The molecule has 0 spiro atoms. The fourth-order valence-corrected chi connectivity index (χ4v) is 4.48. The number of carbonyl (C=O) groups excluding carboxylic acids is 1. The molecule has 1 aliphatic heterocycles. The Balaban J connectivity index is 1.48. The highest BCUT2D eigenvalue weighted by Crippen LogP contribution is 2.31. The number of hydrogen-bond donors (Lipinski definition) is 0. The largest absolute Gasteiger partial charge is 0.496 e. The molecule has 0 unspecified atom stereocenters. The predicted octanol–water partition coefficient (Wildman–Crippen LogP) is 4.16. The minimum absolute atomic E-state index is 0.0337. The average Bonchev–Trinajstić information content (AvgIpc) is 3.42. The van der Waals surface area contributed by atoms with Gasteiger partial charge >= 0.3 is 0 Å². The van der Waals surface area contributed by atoms with Crippen molar-refractivity contribution in [3.05, 3.63) is 69.6 Å². The standard InChI is InChI=1S/C21H22ClN3O2S/c1-27-20-14-19(24-6-2-3-7-24)18(22)13-17(20)21(26)25-10-8-23(9-11-25)15-16-5-4-12-28-16/h2-7,12-14H,8-11,15H2,1H3. The third-order valence-electron chi connectivity index (χ3n) is 5.00. The summed E-state index contributed by atoms with van der Waals surface area (Å²) in [5, 5.41) is 2.62. The van der Waals surface area contributed by atoms with E-state index in [0.717, 1.165) is 25.3 Å². The van der Waals surface area contributed by atoms with Crippen LogP contribution in [-0.4, -0.2) is 53.6 Å². The number of methoxy groups -OCH3 is 1. The number of aromatic nitrogens is 1. The van der Waals surface area contributed by atoms with Crippen LogP contribution in [0.25, 0.3) is 5.69 Å². The molecule has 28 heavy (non-hydrogen) atoms. The number of hydrogen-bond acceptors (Lipinski definition) is 4. The van der Waals surface area contributed by atoms with E-state index in [0.29, 0.717) is 29.4 Å². The zero-order valence-corrected chi connectivity index (χ0v) is 17.2. The summed E-state index contributed by atoms with van der Waals surface area (Å²) < 4.78 is 7.42. The number of halogens is 1. The molecule has 1 saturated heterocycles. The molecule has 7 heteroatoms. The Hall–Kier alpha value is -2.28. The number of amides is 1. The SMILES string of the molecule is COc1cc(-n2cccc2)c(Cl)cc1C(=O)N1CCN(Cc2cccs2)CC1. The van der Waals surface area contributed by atoms with Crippen molar-refractivity contribution in [2.24, 2.45) is 0 Å². The Morgan fingerprint density at radius 2 is 1.89 bits per heavy atom. The molecule has 5 nitrogen and oxygen atoms in total. The maximum Gasteiger partial charge on any atom is 0.257 e. The van der Waals surface area contributed by atoms with Crippen molar-refractivity contribution in [2.45, 2.75) is 6.54 Å². The number of piperazine rings is 1. The summed E-state index contributed by atoms with van der Waals surface area (Å²) in [6, 6.07) is 11.6. The van der Waals surface area contributed by atoms with Gasteiger partial charge in [0.1, 0.15) is 5.75 Å². The lowest BCUT2D eigenvalue weighted by atomic mass is 10.1. The summed E-state index contributed by atoms with van der Waals surface area (Å²) in [7, 11) is 1.58. The molecule has 2 aromatic heterocycles. The molecule has 1 fully saturated rings. The zero-order valence-electron chi connectivity index (χ0n) is 15.7. The second-order valence-electron chi connectivity index (χ2n) is 6.74. The molecule has 3 heterocycles. The van der Waals surface area contributed by atoms with Gasteiger partial charge in [-0.3, -0.25) is 9.69 Å². The average molecular weight is 416 g/mol. The van der Waals surface area contributed by atoms with Crippen molar-refractivity contribution in [1.82, 2.24) is 14.4 Å². The second-order valence-corrected chi connectivity index (χ2v) is 8.18. The van der Waals surface area contributed by atoms with Gasteiger partial charge in [-0.2, -0.15) is 0 Å². The molecular weight excluding hydrogens is 394 g/mol. The lowest BCUT2D eigenvalue weighted by molar-refractivity contribution is 0.0626. The molecule has 0 aliphatic carbocycles. The number of rotatable bonds is 5. The van der Waals surface area contributed by atoms with Crippen molar-refractivity contribution in [3.8, 4) is 11.4 Å². The van der Waals surface area contributed by atoms with Crippen LogP contribution >= 0.6 is 22.9 Å². The van der Waals surface area contributed by atoms with Gasteiger partial charge in [-0.15, -0.1) is 11.3 Å². The van der Waals surface area contributed by atoms with Crippen LogP contribution in [-0.2, 0) is 6.54 Å². The first-order valence-corrected chi connectivity index (χ1v) is 10.5. The molecule has 0 saturated carbocycles. The van der Waals surface area contributed by atoms with Gasteiger partial charge in [0.05, 0.1) is 23.4 Å². The molecule has 0 radical (unpaired) electrons. The first kappa shape index (κ1) is 19.1. The summed E-state index contributed by atoms with van der Waals surface area (Å²) in [6.45, 7) is 4.07. The van der Waals surface area contributed by atoms with Crippen LogP contribution in [0.5, 0.6) is 5.75 Å². The molecule has 146 valence electrons. The van der Waals surface area contributed by atoms with Crippen molar-refractivity contribution in [1.29, 1.82) is 0 Å². The van der Waals surface area contributed by atoms with Gasteiger partial charge in [-0.05, 0) is 29.6 Å². The van der Waals surface area contributed by atoms with E-state index in [9.17, 15) is 4.79 Å². The van der Waals surface area contributed by atoms with Crippen LogP contribution in [0.2, 0.25) is 5.02 Å². The molecule has 1 amide bonds. The summed E-state index contributed by atoms with van der Waals surface area (Å²) in [4.78, 5) is 18.7. The van der Waals surface area contributed by atoms with E-state index < -0.39 is 0 Å². The van der Waals surface area contributed by atoms with Crippen LogP contribution in [0.1, 0.15) is 15.2 Å². The quantitative estimate of drug-likeness (QED) is 0.628. The second kappa shape index (κ2) is 8.39. The van der Waals surface area contributed by atoms with Crippen LogP contribution in [0.15, 0.2) is 54.2 Å². The van der Waals surface area contributed by atoms with Crippen LogP contribution < -0.4 is 4.74 Å². The van der Waals surface area contributed by atoms with Gasteiger partial charge in [0.25, 0.3) is 5.91 Å². The third-order valence-corrected chi connectivity index (χ3v) is 6.16. The van der Waals surface area contributed by atoms with Crippen LogP contribution in [0.3, 0.4) is 0 Å². The summed E-state index contributed by atoms with van der Waals surface area (Å²) in [6.07, 6.45) is 3.82. The Bertz CT molecular complexity index is 933. The van der Waals surface area contributed by atoms with Gasteiger partial charge in [0.2, 0.25) is 0 Å². The highest BCUT2D eigenvalue weighted by molar-refractivity contribution is 7.09. The maximum absolute atomic E-state index is 13.1. The molecular formula is C21H22ClN3O2S. The smallest absolute Gasteiger partial charge is 0.257 e. The van der Waals surface area contributed by atoms with Gasteiger partial charge in [0, 0.05) is 56.1 Å². The minimum Gasteiger partial charge on any atom is -0.496 e. The number of carbonyl (C=O) groups is 1. The normalized spacial score (nSPS) is 15.0. The molecule has 3 aromatic rings. The molecule has 4 rings (SSSR count). The van der Waals surface area contributed by atoms with Crippen molar-refractivity contribution >= 4 is 28.8 Å². The third kappa shape index (κ3) is 3.94. The number of ether oxygens (including phenoxy) is 1. The summed E-state index contributed by atoms with van der Waals surface area (Å²) in [5.41, 5.74) is 1.30. The predicted molar refractivity (Wildman–Crippen MR) is 113 cm³/mol. The fraction of sp³-hybridized carbons (Fsp3) is 0.286. The van der Waals surface area contributed by atoms with Crippen LogP contribution in [0, 0.1) is 0 Å². The number of nitrogens with zero attached hydrogens (tertiary/aromatic N) is 3. The van der Waals surface area contributed by atoms with E-state index in [4.69, 9.17) is 16.3 Å². The van der Waals surface area contributed by atoms with E-state index in [1.54, 1.807) is 24.5 Å². The van der Waals surface area contributed by atoms with Gasteiger partial charge in [0.15, 0.2) is 0 Å². The molecule has 0 bridgehead atoms. The molecule has 1 aromatic carbocycles. The van der Waals surface area contributed by atoms with E-state index in [1.807, 2.05) is 40.1 Å². The lowest BCUT2D eigenvalue weighted by Gasteiger charge is -2.34. The maximum atomic E-state index is 13.1. The molecule has 1 aliphatic rings. The Morgan fingerprint density at radius 3 is 2.54 bits per heavy atom. The Kier molecular flexibility index (Phi) is 5.71. The van der Waals surface area contributed by atoms with Crippen LogP contribution in [0.4, 0.5) is 0 Å². The lowest BCUT2D eigenvalue weighted by Crippen LogP contribution is -2.48. The number of benzene rings is 1. The number of thiophene rings is 1. The van der Waals surface area contributed by atoms with Crippen molar-refractivity contribution < 1.29 is 9.53 Å². The topological polar surface area (TPSA) is 37.7 Å². The summed E-state index contributed by atoms with van der Waals surface area (Å²) >= 11 is 8.25. The highest BCUT2D eigenvalue weighted by atomic mass is 35.5. The van der Waals surface area contributed by atoms with E-state index >= 15 is 0 Å². The van der Waals surface area contributed by atoms with E-state index in [-0.39, 0.29) is 5.91 Å². The first-order chi connectivity index (χ1) is 13.7. The minimum atomic E-state index is -0.0337. The monoisotopic (exact) mass is 415 g/mol. The van der Waals surface area contributed by atoms with Gasteiger partial charge in [-0.25, -0.2) is 0 Å². The van der Waals surface area contributed by atoms with E-state index in [2.05, 4.69) is 22.4 Å². The van der Waals surface area contributed by atoms with Crippen molar-refractivity contribution in [2.75, 3.05) is 33.3 Å². The zero-order chi connectivity index (χ0) is 19.5. The van der Waals surface area contributed by atoms with Crippen molar-refractivity contribution in [3.63, 3.8) is 0 Å². The summed E-state index contributed by atoms with van der Waals surface area (Å²) in [5.74, 6) is 0.507. The van der Waals surface area contributed by atoms with Gasteiger partial charge < -0.3 is 14.2 Å². The fourth-order valence-electron chi connectivity index (χ4n) is 3.47. The highest BCUT2D eigenvalue weighted by Gasteiger charge is 2.25. The first-order valence-electron chi connectivity index (χ1n) is 9.20. The molecule has 0 N–H and O–H groups in total. The van der Waals surface area contributed by atoms with Gasteiger partial charge in [-0.1, -0.05) is 17.7 Å². The molecule has 0 atom stereocenters. The Labute approximate surface area is 173 Å². The van der Waals surface area contributed by atoms with E-state index in [1.165, 1.54) is 4.88 Å².